The molecule has 0 aromatic carbocycles. The van der Waals surface area contributed by atoms with E-state index < -0.39 is 34.5 Å². The van der Waals surface area contributed by atoms with Crippen LogP contribution in [0.1, 0.15) is 46.7 Å². The van der Waals surface area contributed by atoms with Crippen LogP contribution in [0.2, 0.25) is 0 Å². The first-order valence-corrected chi connectivity index (χ1v) is 11.7. The summed E-state index contributed by atoms with van der Waals surface area (Å²) >= 11 is 1.16. The van der Waals surface area contributed by atoms with Crippen LogP contribution in [0.15, 0.2) is 12.1 Å². The van der Waals surface area contributed by atoms with Gasteiger partial charge in [0, 0.05) is 17.5 Å². The van der Waals surface area contributed by atoms with Gasteiger partial charge in [-0.05, 0) is 31.4 Å². The Morgan fingerprint density at radius 3 is 2.57 bits per heavy atom. The Balaban J connectivity index is 1.69. The highest BCUT2D eigenvalue weighted by Gasteiger charge is 2.18. The lowest BCUT2D eigenvalue weighted by Gasteiger charge is -2.22. The second-order valence-corrected chi connectivity index (χ2v) is 9.62. The third-order valence-corrected chi connectivity index (χ3v) is 5.98. The number of ether oxygens (including phenoxy) is 1. The summed E-state index contributed by atoms with van der Waals surface area (Å²) < 4.78 is 29.3. The molecular formula is C17H25N3O6S2. The molecule has 1 aromatic heterocycles. The van der Waals surface area contributed by atoms with Crippen LogP contribution < -0.4 is 15.4 Å². The number of carbonyl (C=O) groups is 3. The smallest absolute Gasteiger partial charge is 0.348 e. The van der Waals surface area contributed by atoms with E-state index in [-0.39, 0.29) is 12.6 Å². The van der Waals surface area contributed by atoms with Crippen LogP contribution in [0, 0.1) is 0 Å². The average Bonchev–Trinajstić information content (AvgIpc) is 3.08. The van der Waals surface area contributed by atoms with Crippen molar-refractivity contribution in [1.82, 2.24) is 15.4 Å². The van der Waals surface area contributed by atoms with Gasteiger partial charge >= 0.3 is 12.0 Å². The van der Waals surface area contributed by atoms with E-state index in [1.54, 1.807) is 12.1 Å². The van der Waals surface area contributed by atoms with Crippen LogP contribution >= 0.6 is 11.3 Å². The van der Waals surface area contributed by atoms with Gasteiger partial charge in [-0.2, -0.15) is 0 Å². The van der Waals surface area contributed by atoms with E-state index in [1.165, 1.54) is 0 Å². The molecule has 0 atom stereocenters. The highest BCUT2D eigenvalue weighted by atomic mass is 32.2. The molecule has 0 aliphatic heterocycles. The summed E-state index contributed by atoms with van der Waals surface area (Å²) in [6, 6.07) is 2.75. The Bertz CT molecular complexity index is 800. The Hall–Kier alpha value is -1.98. The van der Waals surface area contributed by atoms with Gasteiger partial charge < -0.3 is 10.1 Å². The summed E-state index contributed by atoms with van der Waals surface area (Å²) in [5.74, 6) is -1.37. The Kier molecular flexibility index (Phi) is 8.39. The number of hydrogen-bond donors (Lipinski definition) is 3. The van der Waals surface area contributed by atoms with Crippen LogP contribution in [0.25, 0.3) is 0 Å². The summed E-state index contributed by atoms with van der Waals surface area (Å²) in [7, 11) is -3.26. The molecule has 3 N–H and O–H groups in total. The maximum atomic E-state index is 12.0. The topological polar surface area (TPSA) is 131 Å². The van der Waals surface area contributed by atoms with Crippen molar-refractivity contribution in [2.24, 2.45) is 0 Å². The molecular weight excluding hydrogens is 406 g/mol. The number of sulfonamides is 1. The molecule has 2 rings (SSSR count). The van der Waals surface area contributed by atoms with Gasteiger partial charge in [-0.3, -0.25) is 10.1 Å². The summed E-state index contributed by atoms with van der Waals surface area (Å²) in [6.45, 7) is -0.327. The first kappa shape index (κ1) is 22.3. The monoisotopic (exact) mass is 431 g/mol. The molecule has 1 saturated carbocycles. The van der Waals surface area contributed by atoms with Crippen molar-refractivity contribution in [1.29, 1.82) is 0 Å². The molecule has 9 nitrogen and oxygen atoms in total. The van der Waals surface area contributed by atoms with E-state index >= 15 is 0 Å². The van der Waals surface area contributed by atoms with Crippen LogP contribution in [0.4, 0.5) is 4.79 Å². The number of esters is 1. The van der Waals surface area contributed by atoms with Crippen molar-refractivity contribution in [3.05, 3.63) is 21.9 Å². The summed E-state index contributed by atoms with van der Waals surface area (Å²) in [5, 5.41) is 4.90. The predicted octanol–water partition coefficient (Wildman–Crippen LogP) is 1.16. The average molecular weight is 432 g/mol. The van der Waals surface area contributed by atoms with Gasteiger partial charge in [-0.15, -0.1) is 11.3 Å². The number of carbonyl (C=O) groups excluding carboxylic acids is 3. The Morgan fingerprint density at radius 1 is 1.18 bits per heavy atom. The summed E-state index contributed by atoms with van der Waals surface area (Å²) in [6.07, 6.45) is 6.59. The highest BCUT2D eigenvalue weighted by molar-refractivity contribution is 7.88. The molecule has 28 heavy (non-hydrogen) atoms. The number of hydrogen-bond acceptors (Lipinski definition) is 7. The van der Waals surface area contributed by atoms with E-state index in [0.29, 0.717) is 11.3 Å². The molecule has 0 bridgehead atoms. The summed E-state index contributed by atoms with van der Waals surface area (Å²) in [4.78, 5) is 36.6. The molecule has 156 valence electrons. The molecule has 3 amide bonds. The fraction of sp³-hybridized carbons (Fsp3) is 0.588. The minimum atomic E-state index is -3.26. The molecule has 1 heterocycles. The van der Waals surface area contributed by atoms with Crippen LogP contribution in [-0.4, -0.2) is 51.8 Å². The molecule has 11 heteroatoms. The lowest BCUT2D eigenvalue weighted by Crippen LogP contribution is -2.46. The van der Waals surface area contributed by atoms with Gasteiger partial charge in [0.25, 0.3) is 5.91 Å². The second-order valence-electron chi connectivity index (χ2n) is 6.62. The molecule has 0 spiro atoms. The van der Waals surface area contributed by atoms with Crippen LogP contribution in [-0.2, 0) is 26.0 Å². The predicted molar refractivity (Wildman–Crippen MR) is 105 cm³/mol. The van der Waals surface area contributed by atoms with Crippen molar-refractivity contribution in [2.45, 2.75) is 44.6 Å². The van der Waals surface area contributed by atoms with E-state index in [4.69, 9.17) is 4.74 Å². The first-order chi connectivity index (χ1) is 13.2. The number of imide groups is 1. The van der Waals surface area contributed by atoms with Gasteiger partial charge in [-0.1, -0.05) is 19.3 Å². The van der Waals surface area contributed by atoms with Gasteiger partial charge in [0.1, 0.15) is 4.88 Å². The van der Waals surface area contributed by atoms with Crippen molar-refractivity contribution >= 4 is 39.3 Å². The standard InChI is InChI=1S/C17H25N3O6S2/c1-28(24,25)18-10-9-13-7-8-14(27-13)16(22)26-11-15(21)20-17(23)19-12-5-3-2-4-6-12/h7-8,12,18H,2-6,9-11H2,1H3,(H2,19,20,21,23). The van der Waals surface area contributed by atoms with Crippen molar-refractivity contribution in [3.8, 4) is 0 Å². The normalized spacial score (nSPS) is 15.0. The largest absolute Gasteiger partial charge is 0.451 e. The van der Waals surface area contributed by atoms with E-state index in [9.17, 15) is 22.8 Å². The van der Waals surface area contributed by atoms with Crippen molar-refractivity contribution in [3.63, 3.8) is 0 Å². The van der Waals surface area contributed by atoms with Gasteiger partial charge in [0.2, 0.25) is 10.0 Å². The van der Waals surface area contributed by atoms with Crippen molar-refractivity contribution in [2.75, 3.05) is 19.4 Å². The SMILES string of the molecule is CS(=O)(=O)NCCc1ccc(C(=O)OCC(=O)NC(=O)NC2CCCCC2)s1. The number of thiophene rings is 1. The Labute approximate surface area is 168 Å². The van der Waals surface area contributed by atoms with Crippen LogP contribution in [0.5, 0.6) is 0 Å². The third kappa shape index (κ3) is 8.36. The fourth-order valence-corrected chi connectivity index (χ4v) is 4.19. The maximum absolute atomic E-state index is 12.0. The van der Waals surface area contributed by atoms with Gasteiger partial charge in [0.15, 0.2) is 6.61 Å². The zero-order chi connectivity index (χ0) is 20.6. The Morgan fingerprint density at radius 2 is 1.89 bits per heavy atom. The second kappa shape index (κ2) is 10.5. The molecule has 1 fully saturated rings. The molecule has 1 aliphatic rings. The lowest BCUT2D eigenvalue weighted by atomic mass is 9.96. The molecule has 0 unspecified atom stereocenters. The van der Waals surface area contributed by atoms with Gasteiger partial charge in [-0.25, -0.2) is 22.7 Å². The first-order valence-electron chi connectivity index (χ1n) is 9.04. The van der Waals surface area contributed by atoms with Crippen LogP contribution in [0.3, 0.4) is 0 Å². The molecule has 1 aromatic rings. The van der Waals surface area contributed by atoms with E-state index in [0.717, 1.165) is 54.6 Å². The number of amides is 3. The zero-order valence-electron chi connectivity index (χ0n) is 15.7. The molecule has 0 saturated heterocycles. The van der Waals surface area contributed by atoms with Crippen molar-refractivity contribution < 1.29 is 27.5 Å². The zero-order valence-corrected chi connectivity index (χ0v) is 17.3. The van der Waals surface area contributed by atoms with E-state index in [1.807, 2.05) is 0 Å². The van der Waals surface area contributed by atoms with E-state index in [2.05, 4.69) is 15.4 Å². The fourth-order valence-electron chi connectivity index (χ4n) is 2.81. The number of urea groups is 1. The maximum Gasteiger partial charge on any atom is 0.348 e. The summed E-state index contributed by atoms with van der Waals surface area (Å²) in [5.41, 5.74) is 0. The van der Waals surface area contributed by atoms with Gasteiger partial charge in [0.05, 0.1) is 6.26 Å². The minimum absolute atomic E-state index is 0.0748. The quantitative estimate of drug-likeness (QED) is 0.529. The third-order valence-electron chi connectivity index (χ3n) is 4.13. The number of nitrogens with one attached hydrogen (secondary N) is 3. The highest BCUT2D eigenvalue weighted by Crippen LogP contribution is 2.18. The lowest BCUT2D eigenvalue weighted by molar-refractivity contribution is -0.123. The molecule has 0 radical (unpaired) electrons. The number of rotatable bonds is 8. The minimum Gasteiger partial charge on any atom is -0.451 e. The molecule has 1 aliphatic carbocycles.